The van der Waals surface area contributed by atoms with Crippen molar-refractivity contribution < 1.29 is 13.2 Å². The highest BCUT2D eigenvalue weighted by Crippen LogP contribution is 2.34. The van der Waals surface area contributed by atoms with Crippen molar-refractivity contribution in [2.45, 2.75) is 24.3 Å². The van der Waals surface area contributed by atoms with E-state index < -0.39 is 9.84 Å². The number of fused-ring (bicyclic) bond motifs is 1. The molecule has 2 N–H and O–H groups in total. The van der Waals surface area contributed by atoms with E-state index in [0.717, 1.165) is 22.1 Å². The molecule has 0 bridgehead atoms. The molecule has 7 nitrogen and oxygen atoms in total. The molecule has 28 heavy (non-hydrogen) atoms. The van der Waals surface area contributed by atoms with Crippen molar-refractivity contribution in [1.82, 2.24) is 10.3 Å². The van der Waals surface area contributed by atoms with Crippen LogP contribution in [0.25, 0.3) is 0 Å². The van der Waals surface area contributed by atoms with Gasteiger partial charge in [-0.3, -0.25) is 14.8 Å². The number of nitrogens with one attached hydrogen (secondary N) is 2. The standard InChI is InChI=1S/C19H20N4O3S2/c24-18(21-10-15-3-1-2-8-20-15)9-13-4-6-14(7-5-13)22-19-23-16-11-28(25,26)12-17(16)27-19/h1-8,16-17H,9-12H2,(H,21,24)(H,22,23)/t16-,17-/m0/s1. The predicted molar refractivity (Wildman–Crippen MR) is 111 cm³/mol. The molecule has 9 heteroatoms. The number of aliphatic imine (C=N–C) groups is 1. The van der Waals surface area contributed by atoms with E-state index in [1.165, 1.54) is 11.8 Å². The molecule has 1 amide bonds. The molecule has 1 aromatic heterocycles. The van der Waals surface area contributed by atoms with Crippen LogP contribution in [0.5, 0.6) is 0 Å². The Morgan fingerprint density at radius 2 is 1.96 bits per heavy atom. The molecule has 1 saturated heterocycles. The SMILES string of the molecule is O=C(Cc1ccc(NC2=N[C@H]3CS(=O)(=O)C[C@@H]3S2)cc1)NCc1ccccn1. The molecule has 2 atom stereocenters. The monoisotopic (exact) mass is 416 g/mol. The number of pyridine rings is 1. The van der Waals surface area contributed by atoms with Crippen LogP contribution in [0.15, 0.2) is 53.7 Å². The number of anilines is 1. The van der Waals surface area contributed by atoms with Crippen molar-refractivity contribution in [2.75, 3.05) is 16.8 Å². The molecule has 2 aliphatic heterocycles. The lowest BCUT2D eigenvalue weighted by atomic mass is 10.1. The zero-order valence-corrected chi connectivity index (χ0v) is 16.7. The van der Waals surface area contributed by atoms with Gasteiger partial charge in [0.15, 0.2) is 15.0 Å². The fraction of sp³-hybridized carbons (Fsp3) is 0.316. The number of sulfone groups is 1. The second kappa shape index (κ2) is 7.92. The van der Waals surface area contributed by atoms with Crippen molar-refractivity contribution in [3.8, 4) is 0 Å². The summed E-state index contributed by atoms with van der Waals surface area (Å²) >= 11 is 1.49. The van der Waals surface area contributed by atoms with E-state index in [9.17, 15) is 13.2 Å². The average Bonchev–Trinajstić information content (AvgIpc) is 3.15. The van der Waals surface area contributed by atoms with Gasteiger partial charge in [-0.15, -0.1) is 0 Å². The Hall–Kier alpha value is -2.39. The maximum Gasteiger partial charge on any atom is 0.224 e. The molecule has 2 aliphatic rings. The fourth-order valence-electron chi connectivity index (χ4n) is 3.19. The van der Waals surface area contributed by atoms with Crippen molar-refractivity contribution >= 4 is 38.4 Å². The Morgan fingerprint density at radius 3 is 2.68 bits per heavy atom. The van der Waals surface area contributed by atoms with Gasteiger partial charge >= 0.3 is 0 Å². The van der Waals surface area contributed by atoms with E-state index in [4.69, 9.17) is 0 Å². The highest BCUT2D eigenvalue weighted by molar-refractivity contribution is 8.15. The first-order valence-corrected chi connectivity index (χ1v) is 11.6. The first-order chi connectivity index (χ1) is 13.5. The first-order valence-electron chi connectivity index (χ1n) is 8.94. The third kappa shape index (κ3) is 4.71. The Labute approximate surface area is 168 Å². The topological polar surface area (TPSA) is 101 Å². The van der Waals surface area contributed by atoms with Crippen molar-refractivity contribution in [2.24, 2.45) is 4.99 Å². The Bertz CT molecular complexity index is 992. The van der Waals surface area contributed by atoms with Crippen LogP contribution in [0.2, 0.25) is 0 Å². The van der Waals surface area contributed by atoms with E-state index >= 15 is 0 Å². The van der Waals surface area contributed by atoms with E-state index in [1.54, 1.807) is 6.20 Å². The van der Waals surface area contributed by atoms with Crippen molar-refractivity contribution in [3.05, 3.63) is 59.9 Å². The molecule has 3 heterocycles. The summed E-state index contributed by atoms with van der Waals surface area (Å²) in [7, 11) is -2.94. The Balaban J connectivity index is 1.28. The average molecular weight is 417 g/mol. The number of carbonyl (C=O) groups excluding carboxylic acids is 1. The minimum atomic E-state index is -2.94. The Kier molecular flexibility index (Phi) is 5.36. The van der Waals surface area contributed by atoms with Gasteiger partial charge in [-0.25, -0.2) is 8.42 Å². The highest BCUT2D eigenvalue weighted by Gasteiger charge is 2.42. The third-order valence-electron chi connectivity index (χ3n) is 4.58. The predicted octanol–water partition coefficient (Wildman–Crippen LogP) is 1.62. The van der Waals surface area contributed by atoms with Gasteiger partial charge in [-0.2, -0.15) is 0 Å². The van der Waals surface area contributed by atoms with E-state index in [0.29, 0.717) is 13.0 Å². The summed E-state index contributed by atoms with van der Waals surface area (Å²) in [5.74, 6) is 0.280. The number of thioether (sulfide) groups is 1. The minimum absolute atomic E-state index is 0.0228. The van der Waals surface area contributed by atoms with Crippen LogP contribution in [0.1, 0.15) is 11.3 Å². The molecule has 0 unspecified atom stereocenters. The first kappa shape index (κ1) is 18.9. The number of benzene rings is 1. The summed E-state index contributed by atoms with van der Waals surface area (Å²) in [5.41, 5.74) is 2.60. The zero-order chi connectivity index (χ0) is 19.6. The number of amidine groups is 1. The van der Waals surface area contributed by atoms with Gasteiger partial charge in [0, 0.05) is 17.1 Å². The summed E-state index contributed by atoms with van der Waals surface area (Å²) < 4.78 is 23.2. The smallest absolute Gasteiger partial charge is 0.224 e. The maximum atomic E-state index is 12.1. The largest absolute Gasteiger partial charge is 0.350 e. The molecule has 4 rings (SSSR count). The molecule has 1 aromatic carbocycles. The van der Waals surface area contributed by atoms with Gasteiger partial charge in [0.1, 0.15) is 0 Å². The summed E-state index contributed by atoms with van der Waals surface area (Å²) in [6, 6.07) is 13.0. The van der Waals surface area contributed by atoms with E-state index in [2.05, 4.69) is 20.6 Å². The molecule has 1 fully saturated rings. The molecular weight excluding hydrogens is 396 g/mol. The van der Waals surface area contributed by atoms with Gasteiger partial charge in [0.2, 0.25) is 5.91 Å². The van der Waals surface area contributed by atoms with Crippen LogP contribution in [-0.2, 0) is 27.6 Å². The molecule has 0 spiro atoms. The van der Waals surface area contributed by atoms with Crippen LogP contribution < -0.4 is 10.6 Å². The van der Waals surface area contributed by atoms with Gasteiger partial charge in [-0.1, -0.05) is 30.0 Å². The van der Waals surface area contributed by atoms with Crippen molar-refractivity contribution in [3.63, 3.8) is 0 Å². The zero-order valence-electron chi connectivity index (χ0n) is 15.0. The summed E-state index contributed by atoms with van der Waals surface area (Å²) in [5, 5.41) is 6.87. The fourth-order valence-corrected chi connectivity index (χ4v) is 6.86. The number of aromatic nitrogens is 1. The number of hydrogen-bond donors (Lipinski definition) is 2. The van der Waals surface area contributed by atoms with E-state index in [-0.39, 0.29) is 28.7 Å². The number of hydrogen-bond acceptors (Lipinski definition) is 7. The lowest BCUT2D eigenvalue weighted by Gasteiger charge is -2.08. The normalized spacial score (nSPS) is 22.4. The quantitative estimate of drug-likeness (QED) is 0.768. The van der Waals surface area contributed by atoms with Crippen LogP contribution in [0.4, 0.5) is 5.69 Å². The van der Waals surface area contributed by atoms with Gasteiger partial charge < -0.3 is 10.6 Å². The van der Waals surface area contributed by atoms with Gasteiger partial charge in [0.05, 0.1) is 36.2 Å². The second-order valence-corrected chi connectivity index (χ2v) is 10.2. The summed E-state index contributed by atoms with van der Waals surface area (Å²) in [6.07, 6.45) is 2.00. The molecular formula is C19H20N4O3S2. The van der Waals surface area contributed by atoms with Crippen molar-refractivity contribution in [1.29, 1.82) is 0 Å². The number of carbonyl (C=O) groups is 1. The van der Waals surface area contributed by atoms with Gasteiger partial charge in [-0.05, 0) is 29.8 Å². The molecule has 0 saturated carbocycles. The molecule has 146 valence electrons. The van der Waals surface area contributed by atoms with Crippen LogP contribution >= 0.6 is 11.8 Å². The van der Waals surface area contributed by atoms with Crippen LogP contribution in [0.3, 0.4) is 0 Å². The number of rotatable bonds is 5. The summed E-state index contributed by atoms with van der Waals surface area (Å²) in [6.45, 7) is 0.411. The van der Waals surface area contributed by atoms with E-state index in [1.807, 2.05) is 42.5 Å². The third-order valence-corrected chi connectivity index (χ3v) is 7.72. The lowest BCUT2D eigenvalue weighted by Crippen LogP contribution is -2.24. The van der Waals surface area contributed by atoms with Gasteiger partial charge in [0.25, 0.3) is 0 Å². The molecule has 0 aliphatic carbocycles. The van der Waals surface area contributed by atoms with Crippen LogP contribution in [-0.4, -0.2) is 47.3 Å². The maximum absolute atomic E-state index is 12.1. The van der Waals surface area contributed by atoms with Crippen LogP contribution in [0, 0.1) is 0 Å². The lowest BCUT2D eigenvalue weighted by molar-refractivity contribution is -0.120. The number of amides is 1. The summed E-state index contributed by atoms with van der Waals surface area (Å²) in [4.78, 5) is 20.7. The number of nitrogens with zero attached hydrogens (tertiary/aromatic N) is 2. The Morgan fingerprint density at radius 1 is 1.14 bits per heavy atom. The highest BCUT2D eigenvalue weighted by atomic mass is 32.2. The minimum Gasteiger partial charge on any atom is -0.350 e. The molecule has 2 aromatic rings. The molecule has 0 radical (unpaired) electrons. The second-order valence-electron chi connectivity index (χ2n) is 6.83.